The van der Waals surface area contributed by atoms with Crippen LogP contribution in [0.3, 0.4) is 0 Å². The molecule has 0 aliphatic carbocycles. The molecule has 0 aliphatic heterocycles. The summed E-state index contributed by atoms with van der Waals surface area (Å²) in [5, 5.41) is 78.7. The van der Waals surface area contributed by atoms with Crippen molar-refractivity contribution in [2.75, 3.05) is 10.6 Å². The van der Waals surface area contributed by atoms with Gasteiger partial charge in [0.05, 0.1) is 9.85 Å². The molecular weight excluding hydrogens is 956 g/mol. The largest absolute Gasteiger partial charge is 1.00 e. The number of nitro groups is 2. The molecule has 6 N–H and O–H groups in total. The van der Waals surface area contributed by atoms with Crippen LogP contribution in [0.25, 0.3) is 0 Å². The smallest absolute Gasteiger partial charge is 0.744 e. The fourth-order valence-electron chi connectivity index (χ4n) is 3.95. The number of benzene rings is 4. The number of aromatic hydroxyl groups is 2. The van der Waals surface area contributed by atoms with Gasteiger partial charge in [-0.1, -0.05) is 36.4 Å². The molecule has 0 aromatic heterocycles. The van der Waals surface area contributed by atoms with E-state index < -0.39 is 103 Å². The van der Waals surface area contributed by atoms with Gasteiger partial charge in [-0.15, -0.1) is 20.5 Å². The van der Waals surface area contributed by atoms with Gasteiger partial charge in [0.25, 0.3) is 23.2 Å². The number of phenolic OH excluding ortho intramolecular Hbond substituents is 2. The number of para-hydroxylation sites is 2. The van der Waals surface area contributed by atoms with E-state index in [1.54, 1.807) is 60.7 Å². The number of phenols is 2. The number of nitro benzene ring substituents is 2. The number of non-ortho nitro benzene ring substituents is 2. The summed E-state index contributed by atoms with van der Waals surface area (Å²) in [6, 6.07) is 18.1. The molecule has 0 aliphatic rings. The molecule has 0 saturated heterocycles. The van der Waals surface area contributed by atoms with E-state index >= 15 is 0 Å². The number of rotatable bonds is 12. The molecule has 4 aromatic rings. The average molecular weight is 987 g/mol. The first-order chi connectivity index (χ1) is 26.6. The van der Waals surface area contributed by atoms with Crippen LogP contribution in [-0.2, 0) is 46.6 Å². The first-order valence-electron chi connectivity index (χ1n) is 14.9. The fraction of sp³-hybridized carbons (Fsp3) is 0.0303. The number of hydrogen-bond donors (Lipinski definition) is 6. The van der Waals surface area contributed by atoms with Gasteiger partial charge in [-0.05, 0) is 31.2 Å². The average Bonchev–Trinajstić information content (AvgIpc) is 3.13. The van der Waals surface area contributed by atoms with Gasteiger partial charge < -0.3 is 40.2 Å². The van der Waals surface area contributed by atoms with Gasteiger partial charge in [0.15, 0.2) is 22.9 Å². The third kappa shape index (κ3) is 19.5. The van der Waals surface area contributed by atoms with E-state index in [9.17, 15) is 71.1 Å². The van der Waals surface area contributed by atoms with Crippen LogP contribution in [0.4, 0.5) is 34.1 Å². The Labute approximate surface area is 435 Å². The molecule has 0 fully saturated rings. The Hall–Kier alpha value is -4.43. The van der Waals surface area contributed by atoms with Gasteiger partial charge in [0.1, 0.15) is 53.4 Å². The zero-order valence-electron chi connectivity index (χ0n) is 33.7. The van der Waals surface area contributed by atoms with E-state index in [1.165, 1.54) is 0 Å². The summed E-state index contributed by atoms with van der Waals surface area (Å²) in [6.07, 6.45) is 0.279. The number of azo groups is 2. The van der Waals surface area contributed by atoms with Gasteiger partial charge in [0, 0.05) is 67.3 Å². The number of carbonyl (C=O) groups excluding carboxylic acids is 2. The van der Waals surface area contributed by atoms with Gasteiger partial charge in [0.2, 0.25) is 0 Å². The molecule has 0 atom stereocenters. The van der Waals surface area contributed by atoms with E-state index in [-0.39, 0.29) is 127 Å². The summed E-state index contributed by atoms with van der Waals surface area (Å²) < 4.78 is 67.1. The van der Waals surface area contributed by atoms with Crippen molar-refractivity contribution in [1.29, 1.82) is 0 Å². The number of aliphatic hydroxyl groups excluding tert-OH is 2. The molecule has 63 heavy (non-hydrogen) atoms. The standard InChI is InChI=1S/C16H14N4O8S.C15H12N4O8S.2CH3.Co.3Na/c1-9(21)14(16(23)17-10-5-3-2-4-6-10)19-18-12-7-11(20(24)25)8-13(15(12)22)29(26,27)28;20-8-12(15(22)16-9-4-2-1-3-5-9)18-17-11-6-10(19(23)24)7-13(14(11)21)28(25,26)27;;;;;;/h2-8,21-22H,1H3,(H,17,23)(H,26,27,28);1-8,20-21H,(H,16,22)(H,25,26,27);2*1H3;;;;/q;;2*+1;;3*+1/p-2/b14-9-,19-18?;12-8-,18-17?;;;;;;. The Morgan fingerprint density at radius 1 is 0.667 bits per heavy atom. The predicted octanol–water partition coefficient (Wildman–Crippen LogP) is -3.05. The molecule has 30 heteroatoms. The molecule has 2 amide bonds. The second-order valence-corrected chi connectivity index (χ2v) is 13.2. The molecule has 0 spiro atoms. The number of nitrogens with one attached hydrogen (secondary N) is 2. The van der Waals surface area contributed by atoms with Crippen molar-refractivity contribution < 1.29 is 171 Å². The molecule has 4 aromatic carbocycles. The minimum atomic E-state index is -5.27. The normalized spacial score (nSPS) is 11.1. The summed E-state index contributed by atoms with van der Waals surface area (Å²) >= 11 is 0. The van der Waals surface area contributed by atoms with E-state index in [1.807, 2.05) is 0 Å². The van der Waals surface area contributed by atoms with E-state index in [0.717, 1.165) is 6.92 Å². The first kappa shape index (κ1) is 65.2. The molecule has 0 saturated carbocycles. The van der Waals surface area contributed by atoms with Crippen LogP contribution in [0, 0.1) is 35.1 Å². The van der Waals surface area contributed by atoms with Gasteiger partial charge >= 0.3 is 88.7 Å². The van der Waals surface area contributed by atoms with Crippen LogP contribution in [0.15, 0.2) is 139 Å². The zero-order valence-corrected chi connectivity index (χ0v) is 42.4. The van der Waals surface area contributed by atoms with Crippen LogP contribution >= 0.6 is 0 Å². The van der Waals surface area contributed by atoms with E-state index in [4.69, 9.17) is 5.11 Å². The Morgan fingerprint density at radius 3 is 1.33 bits per heavy atom. The number of carbonyl (C=O) groups is 2. The van der Waals surface area contributed by atoms with Crippen molar-refractivity contribution in [1.82, 2.24) is 0 Å². The maximum Gasteiger partial charge on any atom is 1.00 e. The number of anilines is 2. The minimum absolute atomic E-state index is 0. The summed E-state index contributed by atoms with van der Waals surface area (Å²) in [7, 11) is -10.5. The molecule has 4 rings (SSSR count). The van der Waals surface area contributed by atoms with Crippen LogP contribution < -0.4 is 99.3 Å². The summed E-state index contributed by atoms with van der Waals surface area (Å²) in [4.78, 5) is 41.6. The SMILES string of the molecule is C/C(O)=C(/N=Nc1cc([N+](=O)[O-])cc(S(=O)(=O)[O-])c1O)C(=O)Nc1ccccc1.O=C(Nc1ccccc1)/C(=C/O)N=Nc1cc([N+](=O)[O-])cc(S(=O)(=O)[O-])c1O.[CH3+].[CH3+].[Co].[Na+].[Na+].[Na+]. The molecule has 0 unspecified atom stereocenters. The maximum atomic E-state index is 12.3. The maximum absolute atomic E-state index is 12.3. The Bertz CT molecular complexity index is 2590. The first-order valence-corrected chi connectivity index (χ1v) is 17.7. The van der Waals surface area contributed by atoms with Gasteiger partial charge in [-0.3, -0.25) is 29.8 Å². The van der Waals surface area contributed by atoms with Gasteiger partial charge in [-0.25, -0.2) is 16.8 Å². The van der Waals surface area contributed by atoms with Crippen molar-refractivity contribution in [3.8, 4) is 11.5 Å². The van der Waals surface area contributed by atoms with Crippen LogP contribution in [0.2, 0.25) is 0 Å². The van der Waals surface area contributed by atoms with E-state index in [2.05, 4.69) is 31.1 Å². The molecule has 319 valence electrons. The number of allylic oxidation sites excluding steroid dienone is 1. The second kappa shape index (κ2) is 29.1. The Morgan fingerprint density at radius 2 is 1.02 bits per heavy atom. The molecule has 0 heterocycles. The van der Waals surface area contributed by atoms with Crippen LogP contribution in [-0.4, -0.2) is 68.0 Å². The van der Waals surface area contributed by atoms with Crippen molar-refractivity contribution in [2.45, 2.75) is 16.7 Å². The van der Waals surface area contributed by atoms with Crippen molar-refractivity contribution in [3.05, 3.63) is 143 Å². The summed E-state index contributed by atoms with van der Waals surface area (Å²) in [5.41, 5.74) is -3.80. The van der Waals surface area contributed by atoms with Crippen LogP contribution in [0.5, 0.6) is 11.5 Å². The summed E-state index contributed by atoms with van der Waals surface area (Å²) in [5.74, 6) is -4.78. The minimum Gasteiger partial charge on any atom is -0.744 e. The monoisotopic (exact) mass is 986 g/mol. The third-order valence-electron chi connectivity index (χ3n) is 6.54. The third-order valence-corrected chi connectivity index (χ3v) is 8.24. The quantitative estimate of drug-likeness (QED) is 0.0120. The number of amides is 2. The zero-order chi connectivity index (χ0) is 42.7. The van der Waals surface area contributed by atoms with Crippen molar-refractivity contribution >= 4 is 66.2 Å². The molecule has 1 radical (unpaired) electrons. The topological polar surface area (TPSA) is 389 Å². The molecule has 0 bridgehead atoms. The Balaban J connectivity index is -0.000000505. The second-order valence-electron chi connectivity index (χ2n) is 10.5. The number of aliphatic hydroxyl groups is 2. The number of hydrogen-bond acceptors (Lipinski definition) is 20. The molecular formula is C33H30CoN8Na3O16S2+3. The predicted molar refractivity (Wildman–Crippen MR) is 203 cm³/mol. The van der Waals surface area contributed by atoms with Gasteiger partial charge in [-0.2, -0.15) is 0 Å². The van der Waals surface area contributed by atoms with Crippen molar-refractivity contribution in [2.24, 2.45) is 20.5 Å². The Kier molecular flexibility index (Phi) is 30.1. The fourth-order valence-corrected chi connectivity index (χ4v) is 5.17. The van der Waals surface area contributed by atoms with Crippen LogP contribution in [0.1, 0.15) is 6.92 Å². The summed E-state index contributed by atoms with van der Waals surface area (Å²) in [6.45, 7) is 1.11. The molecule has 24 nitrogen and oxygen atoms in total. The number of nitrogens with zero attached hydrogens (tertiary/aromatic N) is 6. The van der Waals surface area contributed by atoms with Crippen molar-refractivity contribution in [3.63, 3.8) is 0 Å². The van der Waals surface area contributed by atoms with E-state index in [0.29, 0.717) is 35.6 Å².